The summed E-state index contributed by atoms with van der Waals surface area (Å²) < 4.78 is 39.5. The van der Waals surface area contributed by atoms with E-state index in [1.165, 1.54) is 36.8 Å². The van der Waals surface area contributed by atoms with Gasteiger partial charge in [-0.2, -0.15) is 0 Å². The zero-order valence-electron chi connectivity index (χ0n) is 32.9. The van der Waals surface area contributed by atoms with Crippen LogP contribution in [0.4, 0.5) is 26.0 Å². The maximum atomic E-state index is 13.3. The number of likely N-dealkylation sites (N-methyl/N-ethyl adjacent to an activating group) is 1. The maximum absolute atomic E-state index is 13.3. The second-order valence-corrected chi connectivity index (χ2v) is 17.8. The van der Waals surface area contributed by atoms with Gasteiger partial charge in [-0.05, 0) is 6.07 Å². The van der Waals surface area contributed by atoms with Crippen molar-refractivity contribution in [3.8, 4) is 33.9 Å². The van der Waals surface area contributed by atoms with Crippen molar-refractivity contribution >= 4 is 63.8 Å². The Morgan fingerprint density at radius 2 is 1.39 bits per heavy atom. The number of hydrogen-bond donors (Lipinski definition) is 2. The number of carbonyl (C=O) groups is 2. The number of amides is 2. The molecule has 4 aromatic heterocycles. The number of rotatable bonds is 15. The van der Waals surface area contributed by atoms with Crippen molar-refractivity contribution in [3.05, 3.63) is 123 Å². The molecule has 0 unspecified atom stereocenters. The number of pyridine rings is 2. The fourth-order valence-electron chi connectivity index (χ4n) is 6.01. The van der Waals surface area contributed by atoms with Crippen LogP contribution >= 0.6 is 34.8 Å². The molecule has 2 amide bonds. The summed E-state index contributed by atoms with van der Waals surface area (Å²) >= 11 is 16.3. The second-order valence-electron chi connectivity index (χ2n) is 13.8. The first-order valence-electron chi connectivity index (χ1n) is 18.7. The number of alkyl halides is 3. The average molecular weight is 1020 g/mol. The molecule has 0 saturated carbocycles. The standard InChI is InChI=1S/C41H36Cl3F2IN11O4/c1-56(2)13-14-61-39-33(16-26(21-51-39)37(59)54-29-3-6-31(7-4-29)62-41(44,45)46)28-22-52-40(53-23-28)47-58-11-9-57(10-12-58)36-32(27-18-48-24-49-19-27)15-25(20-50-36)38(60)55-30-5-8-34(42)35(43)17-30/h3-8,15-24H,9-14H2,1-2H3,(H,54,59)(H,55,60)/q-1. The van der Waals surface area contributed by atoms with Crippen LogP contribution in [0.1, 0.15) is 20.7 Å². The third kappa shape index (κ3) is 12.0. The van der Waals surface area contributed by atoms with Crippen LogP contribution in [0.25, 0.3) is 22.3 Å². The van der Waals surface area contributed by atoms with Crippen LogP contribution in [-0.2, 0) is 0 Å². The van der Waals surface area contributed by atoms with E-state index in [9.17, 15) is 18.4 Å². The summed E-state index contributed by atoms with van der Waals surface area (Å²) in [4.78, 5) is 57.7. The first kappa shape index (κ1) is 44.7. The second kappa shape index (κ2) is 20.2. The Kier molecular flexibility index (Phi) is 14.6. The molecular weight excluding hydrogens is 982 g/mol. The van der Waals surface area contributed by atoms with Gasteiger partial charge in [0, 0.05) is 11.6 Å². The summed E-state index contributed by atoms with van der Waals surface area (Å²) in [7, 11) is 3.85. The molecule has 0 bridgehead atoms. The number of nitrogens with one attached hydrogen (secondary N) is 2. The van der Waals surface area contributed by atoms with E-state index in [0.29, 0.717) is 79.9 Å². The molecule has 0 aliphatic carbocycles. The minimum atomic E-state index is -3.86. The topological polar surface area (TPSA) is 164 Å². The monoisotopic (exact) mass is 1020 g/mol. The third-order valence-electron chi connectivity index (χ3n) is 9.07. The molecule has 7 rings (SSSR count). The summed E-state index contributed by atoms with van der Waals surface area (Å²) in [5, 5.41) is 6.29. The van der Waals surface area contributed by atoms with Gasteiger partial charge in [-0.1, -0.05) is 23.2 Å². The summed E-state index contributed by atoms with van der Waals surface area (Å²) in [6, 6.07) is 13.6. The van der Waals surface area contributed by atoms with Gasteiger partial charge in [0.25, 0.3) is 0 Å². The molecule has 0 radical (unpaired) electrons. The normalized spacial score (nSPS) is 13.3. The summed E-state index contributed by atoms with van der Waals surface area (Å²) in [5.41, 5.74) is 0.109. The number of aromatic nitrogens is 6. The van der Waals surface area contributed by atoms with Gasteiger partial charge in [0.05, 0.1) is 10.0 Å². The molecular formula is C41H36Cl3F2IN11O4-. The fourth-order valence-corrected chi connectivity index (χ4v) is 8.45. The first-order valence-corrected chi connectivity index (χ1v) is 21.9. The number of anilines is 3. The molecule has 2 N–H and O–H groups in total. The van der Waals surface area contributed by atoms with Gasteiger partial charge in [0.15, 0.2) is 0 Å². The molecule has 1 aliphatic heterocycles. The molecule has 1 fully saturated rings. The third-order valence-corrected chi connectivity index (χ3v) is 12.5. The van der Waals surface area contributed by atoms with Crippen LogP contribution in [-0.4, -0.2) is 109 Å². The zero-order chi connectivity index (χ0) is 43.8. The number of halogens is 6. The van der Waals surface area contributed by atoms with Gasteiger partial charge in [0.2, 0.25) is 0 Å². The molecule has 1 aliphatic rings. The Morgan fingerprint density at radius 3 is 2.03 bits per heavy atom. The van der Waals surface area contributed by atoms with E-state index in [4.69, 9.17) is 54.5 Å². The van der Waals surface area contributed by atoms with Crippen LogP contribution in [0.2, 0.25) is 10.0 Å². The van der Waals surface area contributed by atoms with Crippen LogP contribution < -0.4 is 46.5 Å². The van der Waals surface area contributed by atoms with E-state index < -0.39 is 33.0 Å². The van der Waals surface area contributed by atoms with Gasteiger partial charge >= 0.3 is 312 Å². The van der Waals surface area contributed by atoms with Crippen molar-refractivity contribution < 1.29 is 49.3 Å². The molecule has 15 nitrogen and oxygen atoms in total. The number of piperazine rings is 1. The Bertz CT molecular complexity index is 2520. The quantitative estimate of drug-likeness (QED) is 0.0649. The zero-order valence-corrected chi connectivity index (χ0v) is 37.3. The summed E-state index contributed by atoms with van der Waals surface area (Å²) in [6.07, 6.45) is 11.1. The van der Waals surface area contributed by atoms with Crippen molar-refractivity contribution in [2.24, 2.45) is 0 Å². The van der Waals surface area contributed by atoms with E-state index in [2.05, 4.69) is 38.3 Å². The van der Waals surface area contributed by atoms with Gasteiger partial charge in [-0.15, -0.1) is 8.78 Å². The number of ether oxygens (including phenoxy) is 2. The number of carbonyl (C=O) groups excluding carboxylic acids is 2. The van der Waals surface area contributed by atoms with Crippen LogP contribution in [0.15, 0.2) is 98.1 Å². The van der Waals surface area contributed by atoms with E-state index in [1.807, 2.05) is 19.0 Å². The van der Waals surface area contributed by atoms with Gasteiger partial charge in [-0.25, -0.2) is 0 Å². The van der Waals surface area contributed by atoms with Crippen molar-refractivity contribution in [3.63, 3.8) is 0 Å². The SMILES string of the molecule is CN(C)CCOc1ncc(C(=O)Nc2ccc(OC(F)(F)Cl)cc2)cc1-c1cnc([I-]N2CCN(c3ncc(C(=O)Nc4ccc(Cl)c(Cl)c4)cc3-c3cncnc3)CC2)nc1. The first-order chi connectivity index (χ1) is 29.8. The summed E-state index contributed by atoms with van der Waals surface area (Å²) in [5.74, 6) is 0.000822. The summed E-state index contributed by atoms with van der Waals surface area (Å²) in [6.45, 7) is 3.76. The minimum absolute atomic E-state index is 0.168. The Balaban J connectivity index is 1.02. The number of benzene rings is 2. The van der Waals surface area contributed by atoms with Crippen molar-refractivity contribution in [1.82, 2.24) is 37.9 Å². The van der Waals surface area contributed by atoms with E-state index in [1.54, 1.807) is 61.3 Å². The molecule has 5 heterocycles. The number of nitrogens with zero attached hydrogens (tertiary/aromatic N) is 9. The predicted octanol–water partition coefficient (Wildman–Crippen LogP) is 4.31. The van der Waals surface area contributed by atoms with E-state index in [-0.39, 0.29) is 17.2 Å². The van der Waals surface area contributed by atoms with Crippen LogP contribution in [0, 0.1) is 3.83 Å². The Hall–Kier alpha value is -5.38. The molecule has 0 spiro atoms. The molecule has 6 aromatic rings. The van der Waals surface area contributed by atoms with Crippen LogP contribution in [0.5, 0.6) is 11.6 Å². The molecule has 0 atom stereocenters. The fraction of sp³-hybridized carbons (Fsp3) is 0.220. The predicted molar refractivity (Wildman–Crippen MR) is 227 cm³/mol. The van der Waals surface area contributed by atoms with Gasteiger partial charge < -0.3 is 4.74 Å². The molecule has 1 saturated heterocycles. The average Bonchev–Trinajstić information content (AvgIpc) is 3.26. The molecule has 2 aromatic carbocycles. The van der Waals surface area contributed by atoms with Crippen LogP contribution in [0.3, 0.4) is 0 Å². The van der Waals surface area contributed by atoms with Gasteiger partial charge in [-0.3, -0.25) is 0 Å². The number of hydrogen-bond acceptors (Lipinski definition) is 13. The Labute approximate surface area is 380 Å². The molecule has 21 heteroatoms. The molecule has 62 heavy (non-hydrogen) atoms. The van der Waals surface area contributed by atoms with Crippen molar-refractivity contribution in [2.45, 2.75) is 5.57 Å². The van der Waals surface area contributed by atoms with Gasteiger partial charge in [0.1, 0.15) is 5.75 Å². The van der Waals surface area contributed by atoms with Crippen molar-refractivity contribution in [1.29, 1.82) is 0 Å². The van der Waals surface area contributed by atoms with E-state index in [0.717, 1.165) is 24.2 Å². The van der Waals surface area contributed by atoms with Crippen molar-refractivity contribution in [2.75, 3.05) is 69.0 Å². The van der Waals surface area contributed by atoms with E-state index >= 15 is 0 Å². The Morgan fingerprint density at radius 1 is 0.774 bits per heavy atom. The molecule has 322 valence electrons.